The number of benzene rings is 2. The molecule has 0 fully saturated rings. The SMILES string of the molecule is O=C(NCc1ccccc1)c1c(O)cc(-c2ccccc2)oc1=O. The van der Waals surface area contributed by atoms with Crippen molar-refractivity contribution in [1.82, 2.24) is 5.32 Å². The zero-order chi connectivity index (χ0) is 16.9. The minimum absolute atomic E-state index is 0.206. The molecule has 0 saturated heterocycles. The lowest BCUT2D eigenvalue weighted by atomic mass is 10.1. The summed E-state index contributed by atoms with van der Waals surface area (Å²) < 4.78 is 5.17. The topological polar surface area (TPSA) is 79.5 Å². The van der Waals surface area contributed by atoms with E-state index in [9.17, 15) is 14.7 Å². The van der Waals surface area contributed by atoms with Crippen LogP contribution in [0.4, 0.5) is 0 Å². The molecule has 120 valence electrons. The van der Waals surface area contributed by atoms with Crippen LogP contribution < -0.4 is 10.9 Å². The molecule has 1 heterocycles. The molecule has 24 heavy (non-hydrogen) atoms. The molecule has 1 amide bonds. The zero-order valence-electron chi connectivity index (χ0n) is 12.7. The monoisotopic (exact) mass is 321 g/mol. The normalized spacial score (nSPS) is 10.3. The smallest absolute Gasteiger partial charge is 0.353 e. The van der Waals surface area contributed by atoms with E-state index in [2.05, 4.69) is 5.32 Å². The first-order valence-corrected chi connectivity index (χ1v) is 7.40. The predicted octanol–water partition coefficient (Wildman–Crippen LogP) is 2.94. The molecule has 0 aliphatic rings. The van der Waals surface area contributed by atoms with E-state index < -0.39 is 22.8 Å². The molecule has 0 aliphatic heterocycles. The van der Waals surface area contributed by atoms with Gasteiger partial charge in [0.25, 0.3) is 5.91 Å². The van der Waals surface area contributed by atoms with E-state index in [1.54, 1.807) is 24.3 Å². The van der Waals surface area contributed by atoms with E-state index >= 15 is 0 Å². The summed E-state index contributed by atoms with van der Waals surface area (Å²) in [5.74, 6) is -0.877. The predicted molar refractivity (Wildman–Crippen MR) is 89.7 cm³/mol. The van der Waals surface area contributed by atoms with E-state index in [-0.39, 0.29) is 12.3 Å². The summed E-state index contributed by atoms with van der Waals surface area (Å²) in [4.78, 5) is 24.3. The van der Waals surface area contributed by atoms with Crippen LogP contribution in [0.5, 0.6) is 5.75 Å². The van der Waals surface area contributed by atoms with Crippen molar-refractivity contribution in [3.63, 3.8) is 0 Å². The van der Waals surface area contributed by atoms with E-state index in [1.807, 2.05) is 36.4 Å². The lowest BCUT2D eigenvalue weighted by Crippen LogP contribution is -2.28. The third-order valence-electron chi connectivity index (χ3n) is 3.51. The molecule has 0 spiro atoms. The Morgan fingerprint density at radius 3 is 2.25 bits per heavy atom. The molecule has 0 bridgehead atoms. The Morgan fingerprint density at radius 2 is 1.62 bits per heavy atom. The minimum atomic E-state index is -0.876. The Balaban J connectivity index is 1.83. The Morgan fingerprint density at radius 1 is 1.00 bits per heavy atom. The second-order valence-electron chi connectivity index (χ2n) is 5.19. The third-order valence-corrected chi connectivity index (χ3v) is 3.51. The highest BCUT2D eigenvalue weighted by Crippen LogP contribution is 2.23. The van der Waals surface area contributed by atoms with Crippen molar-refractivity contribution < 1.29 is 14.3 Å². The maximum Gasteiger partial charge on any atom is 0.353 e. The van der Waals surface area contributed by atoms with Gasteiger partial charge in [-0.25, -0.2) is 4.79 Å². The van der Waals surface area contributed by atoms with E-state index in [0.29, 0.717) is 5.56 Å². The number of hydrogen-bond acceptors (Lipinski definition) is 4. The molecule has 2 N–H and O–H groups in total. The molecule has 5 nitrogen and oxygen atoms in total. The van der Waals surface area contributed by atoms with Gasteiger partial charge < -0.3 is 14.8 Å². The van der Waals surface area contributed by atoms with Crippen molar-refractivity contribution in [3.05, 3.63) is 88.3 Å². The second-order valence-corrected chi connectivity index (χ2v) is 5.19. The van der Waals surface area contributed by atoms with Crippen LogP contribution in [0.2, 0.25) is 0 Å². The molecule has 0 radical (unpaired) electrons. The van der Waals surface area contributed by atoms with Crippen LogP contribution in [0.1, 0.15) is 15.9 Å². The van der Waals surface area contributed by atoms with Crippen molar-refractivity contribution in [2.75, 3.05) is 0 Å². The van der Waals surface area contributed by atoms with Gasteiger partial charge in [0.1, 0.15) is 11.5 Å². The van der Waals surface area contributed by atoms with Crippen molar-refractivity contribution in [2.24, 2.45) is 0 Å². The van der Waals surface area contributed by atoms with Crippen LogP contribution in [0.3, 0.4) is 0 Å². The Labute approximate surface area is 138 Å². The largest absolute Gasteiger partial charge is 0.507 e. The van der Waals surface area contributed by atoms with Gasteiger partial charge in [-0.2, -0.15) is 0 Å². The number of nitrogens with one attached hydrogen (secondary N) is 1. The number of rotatable bonds is 4. The Bertz CT molecular complexity index is 902. The van der Waals surface area contributed by atoms with Crippen LogP contribution >= 0.6 is 0 Å². The third kappa shape index (κ3) is 3.35. The summed E-state index contributed by atoms with van der Waals surface area (Å²) in [6.45, 7) is 0.249. The van der Waals surface area contributed by atoms with Crippen molar-refractivity contribution in [2.45, 2.75) is 6.54 Å². The van der Waals surface area contributed by atoms with Gasteiger partial charge in [-0.1, -0.05) is 60.7 Å². The number of carbonyl (C=O) groups excluding carboxylic acids is 1. The van der Waals surface area contributed by atoms with Gasteiger partial charge in [0.15, 0.2) is 5.56 Å². The molecule has 5 heteroatoms. The lowest BCUT2D eigenvalue weighted by Gasteiger charge is -2.07. The first-order valence-electron chi connectivity index (χ1n) is 7.40. The molecule has 0 unspecified atom stereocenters. The summed E-state index contributed by atoms with van der Waals surface area (Å²) in [7, 11) is 0. The molecule has 0 atom stereocenters. The summed E-state index contributed by atoms with van der Waals surface area (Å²) in [5, 5.41) is 12.7. The molecular weight excluding hydrogens is 306 g/mol. The van der Waals surface area contributed by atoms with E-state index in [1.165, 1.54) is 6.07 Å². The number of hydrogen-bond donors (Lipinski definition) is 2. The molecule has 0 saturated carbocycles. The van der Waals surface area contributed by atoms with E-state index in [0.717, 1.165) is 5.56 Å². The highest BCUT2D eigenvalue weighted by atomic mass is 16.4. The van der Waals surface area contributed by atoms with Crippen LogP contribution in [-0.2, 0) is 6.54 Å². The fourth-order valence-corrected chi connectivity index (χ4v) is 2.30. The molecular formula is C19H15NO4. The average molecular weight is 321 g/mol. The number of aromatic hydroxyl groups is 1. The van der Waals surface area contributed by atoms with Crippen LogP contribution in [-0.4, -0.2) is 11.0 Å². The van der Waals surface area contributed by atoms with Gasteiger partial charge in [-0.3, -0.25) is 4.79 Å². The zero-order valence-corrected chi connectivity index (χ0v) is 12.7. The van der Waals surface area contributed by atoms with E-state index in [4.69, 9.17) is 4.42 Å². The van der Waals surface area contributed by atoms with Gasteiger partial charge in [0.05, 0.1) is 0 Å². The maximum atomic E-state index is 12.2. The molecule has 3 aromatic rings. The number of carbonyl (C=O) groups is 1. The highest BCUT2D eigenvalue weighted by molar-refractivity contribution is 5.96. The minimum Gasteiger partial charge on any atom is -0.507 e. The maximum absolute atomic E-state index is 12.2. The first kappa shape index (κ1) is 15.6. The van der Waals surface area contributed by atoms with Gasteiger partial charge in [-0.15, -0.1) is 0 Å². The molecule has 3 rings (SSSR count). The molecule has 1 aromatic heterocycles. The Hall–Kier alpha value is -3.34. The fraction of sp³-hybridized carbons (Fsp3) is 0.0526. The first-order chi connectivity index (χ1) is 11.6. The average Bonchev–Trinajstić information content (AvgIpc) is 2.61. The summed E-state index contributed by atoms with van der Waals surface area (Å²) in [6, 6.07) is 19.4. The van der Waals surface area contributed by atoms with Gasteiger partial charge >= 0.3 is 5.63 Å². The Kier molecular flexibility index (Phi) is 4.43. The van der Waals surface area contributed by atoms with Crippen LogP contribution in [0, 0.1) is 0 Å². The second kappa shape index (κ2) is 6.83. The molecule has 0 aliphatic carbocycles. The molecule has 2 aromatic carbocycles. The quantitative estimate of drug-likeness (QED) is 0.774. The van der Waals surface area contributed by atoms with Gasteiger partial charge in [0, 0.05) is 18.2 Å². The fourth-order valence-electron chi connectivity index (χ4n) is 2.30. The van der Waals surface area contributed by atoms with Crippen molar-refractivity contribution in [3.8, 4) is 17.1 Å². The van der Waals surface area contributed by atoms with Crippen molar-refractivity contribution >= 4 is 5.91 Å². The van der Waals surface area contributed by atoms with Gasteiger partial charge in [-0.05, 0) is 5.56 Å². The highest BCUT2D eigenvalue weighted by Gasteiger charge is 2.19. The van der Waals surface area contributed by atoms with Crippen molar-refractivity contribution in [1.29, 1.82) is 0 Å². The summed E-state index contributed by atoms with van der Waals surface area (Å²) >= 11 is 0. The van der Waals surface area contributed by atoms with Gasteiger partial charge in [0.2, 0.25) is 0 Å². The summed E-state index contributed by atoms with van der Waals surface area (Å²) in [6.07, 6.45) is 0. The summed E-state index contributed by atoms with van der Waals surface area (Å²) in [5.41, 5.74) is 0.252. The van der Waals surface area contributed by atoms with Crippen LogP contribution in [0.25, 0.3) is 11.3 Å². The standard InChI is InChI=1S/C19H15NO4/c21-15-11-16(14-9-5-2-6-10-14)24-19(23)17(15)18(22)20-12-13-7-3-1-4-8-13/h1-11,21H,12H2,(H,20,22). The lowest BCUT2D eigenvalue weighted by molar-refractivity contribution is 0.0944. The number of amides is 1. The van der Waals surface area contributed by atoms with Crippen LogP contribution in [0.15, 0.2) is 75.9 Å².